The zero-order valence-electron chi connectivity index (χ0n) is 10.5. The fourth-order valence-corrected chi connectivity index (χ4v) is 2.96. The van der Waals surface area contributed by atoms with Gasteiger partial charge in [-0.1, -0.05) is 0 Å². The van der Waals surface area contributed by atoms with Crippen LogP contribution in [-0.2, 0) is 14.8 Å². The van der Waals surface area contributed by atoms with Crippen LogP contribution in [0.25, 0.3) is 0 Å². The first-order chi connectivity index (χ1) is 9.32. The van der Waals surface area contributed by atoms with Crippen molar-refractivity contribution >= 4 is 10.0 Å². The Labute approximate surface area is 114 Å². The first kappa shape index (κ1) is 14.9. The summed E-state index contributed by atoms with van der Waals surface area (Å²) in [5, 5.41) is 10.1. The molecule has 2 rings (SSSR count). The Bertz CT molecular complexity index is 685. The van der Waals surface area contributed by atoms with E-state index in [2.05, 4.69) is 9.71 Å². The number of rotatable bonds is 4. The van der Waals surface area contributed by atoms with Crippen LogP contribution in [0.2, 0.25) is 0 Å². The highest BCUT2D eigenvalue weighted by Gasteiger charge is 2.32. The molecule has 0 bridgehead atoms. The minimum Gasteiger partial charge on any atom is -0.388 e. The van der Waals surface area contributed by atoms with Gasteiger partial charge in [0.15, 0.2) is 4.90 Å². The number of aliphatic hydroxyl groups is 1. The van der Waals surface area contributed by atoms with Crippen LogP contribution in [0.15, 0.2) is 20.7 Å². The van der Waals surface area contributed by atoms with Crippen molar-refractivity contribution in [2.45, 2.75) is 23.3 Å². The summed E-state index contributed by atoms with van der Waals surface area (Å²) in [4.78, 5) is 25.6. The van der Waals surface area contributed by atoms with Gasteiger partial charge in [-0.25, -0.2) is 17.9 Å². The minimum atomic E-state index is -4.11. The van der Waals surface area contributed by atoms with E-state index in [9.17, 15) is 23.1 Å². The predicted octanol–water partition coefficient (Wildman–Crippen LogP) is -2.12. The van der Waals surface area contributed by atoms with Crippen molar-refractivity contribution in [1.29, 1.82) is 0 Å². The van der Waals surface area contributed by atoms with Gasteiger partial charge in [0.25, 0.3) is 5.56 Å². The van der Waals surface area contributed by atoms with Gasteiger partial charge >= 0.3 is 5.69 Å². The Kier molecular flexibility index (Phi) is 4.09. The fourth-order valence-electron chi connectivity index (χ4n) is 1.83. The highest BCUT2D eigenvalue weighted by molar-refractivity contribution is 7.89. The van der Waals surface area contributed by atoms with E-state index in [-0.39, 0.29) is 6.54 Å². The maximum Gasteiger partial charge on any atom is 0.325 e. The molecule has 0 unspecified atom stereocenters. The number of aromatic nitrogens is 2. The fraction of sp³-hybridized carbons (Fsp3) is 0.600. The number of aromatic amines is 2. The summed E-state index contributed by atoms with van der Waals surface area (Å²) in [5.41, 5.74) is -3.00. The standard InChI is InChI=1S/C10H15N3O6S/c14-8-7(5-11-9(15)13-8)20(17,18)12-6-10(16)1-3-19-4-2-10/h5,12,16H,1-4,6H2,(H2,11,13,14,15). The summed E-state index contributed by atoms with van der Waals surface area (Å²) in [6.45, 7) is 0.464. The molecule has 2 heterocycles. The molecule has 20 heavy (non-hydrogen) atoms. The van der Waals surface area contributed by atoms with E-state index >= 15 is 0 Å². The van der Waals surface area contributed by atoms with Crippen molar-refractivity contribution in [2.75, 3.05) is 19.8 Å². The van der Waals surface area contributed by atoms with Gasteiger partial charge in [0.05, 0.1) is 5.60 Å². The van der Waals surface area contributed by atoms with E-state index < -0.39 is 31.8 Å². The molecule has 0 saturated carbocycles. The van der Waals surface area contributed by atoms with E-state index in [0.29, 0.717) is 26.1 Å². The highest BCUT2D eigenvalue weighted by Crippen LogP contribution is 2.19. The van der Waals surface area contributed by atoms with E-state index in [0.717, 1.165) is 6.20 Å². The molecule has 9 nitrogen and oxygen atoms in total. The summed E-state index contributed by atoms with van der Waals surface area (Å²) in [5.74, 6) is 0. The summed E-state index contributed by atoms with van der Waals surface area (Å²) in [7, 11) is -4.11. The number of H-pyrrole nitrogens is 2. The molecule has 0 radical (unpaired) electrons. The molecule has 0 atom stereocenters. The molecular weight excluding hydrogens is 290 g/mol. The van der Waals surface area contributed by atoms with Gasteiger partial charge in [0.2, 0.25) is 10.0 Å². The third-order valence-corrected chi connectivity index (χ3v) is 4.50. The van der Waals surface area contributed by atoms with Crippen molar-refractivity contribution in [3.63, 3.8) is 0 Å². The third-order valence-electron chi connectivity index (χ3n) is 3.09. The molecule has 4 N–H and O–H groups in total. The monoisotopic (exact) mass is 305 g/mol. The van der Waals surface area contributed by atoms with Crippen LogP contribution in [0.3, 0.4) is 0 Å². The van der Waals surface area contributed by atoms with Gasteiger partial charge in [0.1, 0.15) is 0 Å². The van der Waals surface area contributed by atoms with Gasteiger partial charge in [-0.05, 0) is 0 Å². The molecule has 1 aromatic rings. The molecule has 0 amide bonds. The Hall–Kier alpha value is -1.49. The van der Waals surface area contributed by atoms with Crippen LogP contribution in [0.1, 0.15) is 12.8 Å². The average Bonchev–Trinajstić information content (AvgIpc) is 2.37. The lowest BCUT2D eigenvalue weighted by atomic mass is 9.95. The number of nitrogens with one attached hydrogen (secondary N) is 3. The quantitative estimate of drug-likeness (QED) is 0.501. The molecule has 112 valence electrons. The molecule has 1 aliphatic rings. The van der Waals surface area contributed by atoms with Crippen molar-refractivity contribution in [1.82, 2.24) is 14.7 Å². The van der Waals surface area contributed by atoms with Crippen LogP contribution < -0.4 is 16.0 Å². The zero-order valence-corrected chi connectivity index (χ0v) is 11.3. The maximum absolute atomic E-state index is 12.0. The van der Waals surface area contributed by atoms with Gasteiger partial charge < -0.3 is 14.8 Å². The summed E-state index contributed by atoms with van der Waals surface area (Å²) < 4.78 is 31.2. The first-order valence-corrected chi connectivity index (χ1v) is 7.43. The molecule has 0 spiro atoms. The van der Waals surface area contributed by atoms with Crippen molar-refractivity contribution in [3.05, 3.63) is 27.0 Å². The van der Waals surface area contributed by atoms with Gasteiger partial charge in [-0.3, -0.25) is 9.78 Å². The van der Waals surface area contributed by atoms with E-state index in [4.69, 9.17) is 4.74 Å². The number of ether oxygens (including phenoxy) is 1. The van der Waals surface area contributed by atoms with Crippen LogP contribution in [0.5, 0.6) is 0 Å². The lowest BCUT2D eigenvalue weighted by molar-refractivity contribution is -0.0588. The molecular formula is C10H15N3O6S. The highest BCUT2D eigenvalue weighted by atomic mass is 32.2. The van der Waals surface area contributed by atoms with Crippen molar-refractivity contribution in [3.8, 4) is 0 Å². The number of hydrogen-bond donors (Lipinski definition) is 4. The Morgan fingerprint density at radius 3 is 2.60 bits per heavy atom. The van der Waals surface area contributed by atoms with Gasteiger partial charge in [-0.2, -0.15) is 0 Å². The molecule has 1 fully saturated rings. The topological polar surface area (TPSA) is 141 Å². The Morgan fingerprint density at radius 1 is 1.35 bits per heavy atom. The molecule has 1 aromatic heterocycles. The molecule has 1 aliphatic heterocycles. The normalized spacial score (nSPS) is 18.9. The lowest BCUT2D eigenvalue weighted by Gasteiger charge is -2.31. The Balaban J connectivity index is 2.15. The van der Waals surface area contributed by atoms with E-state index in [1.807, 2.05) is 4.98 Å². The SMILES string of the molecule is O=c1[nH]cc(S(=O)(=O)NCC2(O)CCOCC2)c(=O)[nH]1. The third kappa shape index (κ3) is 3.33. The van der Waals surface area contributed by atoms with E-state index in [1.54, 1.807) is 0 Å². The summed E-state index contributed by atoms with van der Waals surface area (Å²) >= 11 is 0. The lowest BCUT2D eigenvalue weighted by Crippen LogP contribution is -2.47. The van der Waals surface area contributed by atoms with Gasteiger partial charge in [-0.15, -0.1) is 0 Å². The van der Waals surface area contributed by atoms with Crippen LogP contribution in [-0.4, -0.2) is 48.9 Å². The average molecular weight is 305 g/mol. The second kappa shape index (κ2) is 5.48. The first-order valence-electron chi connectivity index (χ1n) is 5.94. The predicted molar refractivity (Wildman–Crippen MR) is 67.9 cm³/mol. The number of sulfonamides is 1. The smallest absolute Gasteiger partial charge is 0.325 e. The van der Waals surface area contributed by atoms with E-state index in [1.165, 1.54) is 0 Å². The maximum atomic E-state index is 12.0. The minimum absolute atomic E-state index is 0.225. The van der Waals surface area contributed by atoms with Crippen LogP contribution in [0, 0.1) is 0 Å². The number of hydrogen-bond acceptors (Lipinski definition) is 6. The van der Waals surface area contributed by atoms with Crippen molar-refractivity contribution in [2.24, 2.45) is 0 Å². The second-order valence-electron chi connectivity index (χ2n) is 4.60. The zero-order chi connectivity index (χ0) is 14.8. The Morgan fingerprint density at radius 2 is 2.00 bits per heavy atom. The molecule has 0 aromatic carbocycles. The molecule has 10 heteroatoms. The van der Waals surface area contributed by atoms with Crippen LogP contribution in [0.4, 0.5) is 0 Å². The summed E-state index contributed by atoms with van der Waals surface area (Å²) in [6, 6.07) is 0. The molecule has 1 saturated heterocycles. The van der Waals surface area contributed by atoms with Gasteiger partial charge in [0, 0.05) is 38.8 Å². The van der Waals surface area contributed by atoms with Crippen molar-refractivity contribution < 1.29 is 18.3 Å². The van der Waals surface area contributed by atoms with Crippen LogP contribution >= 0.6 is 0 Å². The largest absolute Gasteiger partial charge is 0.388 e. The molecule has 0 aliphatic carbocycles. The second-order valence-corrected chi connectivity index (χ2v) is 6.33. The summed E-state index contributed by atoms with van der Waals surface area (Å²) in [6.07, 6.45) is 1.42.